The molecule has 1 heterocycles. The van der Waals surface area contributed by atoms with Crippen LogP contribution >= 0.6 is 11.6 Å². The van der Waals surface area contributed by atoms with Crippen molar-refractivity contribution in [1.82, 2.24) is 9.55 Å². The SMILES string of the molecule is CCNc1nc(C)cn1-c1ccc(OC)c(Cl)c1. The molecule has 0 spiro atoms. The fraction of sp³-hybridized carbons (Fsp3) is 0.308. The van der Waals surface area contributed by atoms with Crippen molar-refractivity contribution < 1.29 is 4.74 Å². The molecule has 0 atom stereocenters. The van der Waals surface area contributed by atoms with Crippen LogP contribution in [0.1, 0.15) is 12.6 Å². The molecule has 4 nitrogen and oxygen atoms in total. The first-order valence-corrected chi connectivity index (χ1v) is 6.17. The number of hydrogen-bond donors (Lipinski definition) is 1. The molecule has 96 valence electrons. The third kappa shape index (κ3) is 2.43. The first-order valence-electron chi connectivity index (χ1n) is 5.79. The van der Waals surface area contributed by atoms with Crippen LogP contribution in [0.3, 0.4) is 0 Å². The molecule has 0 saturated carbocycles. The van der Waals surface area contributed by atoms with Crippen molar-refractivity contribution in [3.63, 3.8) is 0 Å². The van der Waals surface area contributed by atoms with Crippen LogP contribution in [0.2, 0.25) is 5.02 Å². The van der Waals surface area contributed by atoms with Gasteiger partial charge in [0.15, 0.2) is 0 Å². The highest BCUT2D eigenvalue weighted by Gasteiger charge is 2.08. The second-order valence-electron chi connectivity index (χ2n) is 3.93. The molecule has 5 heteroatoms. The molecule has 2 rings (SSSR count). The topological polar surface area (TPSA) is 39.1 Å². The minimum Gasteiger partial charge on any atom is -0.495 e. The van der Waals surface area contributed by atoms with Gasteiger partial charge < -0.3 is 10.1 Å². The summed E-state index contributed by atoms with van der Waals surface area (Å²) < 4.78 is 7.12. The predicted octanol–water partition coefficient (Wildman–Crippen LogP) is 3.27. The lowest BCUT2D eigenvalue weighted by atomic mass is 10.3. The molecule has 2 aromatic rings. The van der Waals surface area contributed by atoms with Gasteiger partial charge in [-0.15, -0.1) is 0 Å². The maximum absolute atomic E-state index is 6.14. The molecule has 1 aromatic heterocycles. The molecule has 0 amide bonds. The summed E-state index contributed by atoms with van der Waals surface area (Å²) in [4.78, 5) is 4.43. The van der Waals surface area contributed by atoms with E-state index in [9.17, 15) is 0 Å². The molecule has 0 unspecified atom stereocenters. The predicted molar refractivity (Wildman–Crippen MR) is 74.0 cm³/mol. The van der Waals surface area contributed by atoms with E-state index in [-0.39, 0.29) is 0 Å². The highest BCUT2D eigenvalue weighted by molar-refractivity contribution is 6.32. The van der Waals surface area contributed by atoms with Crippen molar-refractivity contribution in [2.75, 3.05) is 19.0 Å². The van der Waals surface area contributed by atoms with Gasteiger partial charge in [-0.1, -0.05) is 11.6 Å². The Morgan fingerprint density at radius 3 is 2.83 bits per heavy atom. The molecular formula is C13H16ClN3O. The van der Waals surface area contributed by atoms with Crippen molar-refractivity contribution in [1.29, 1.82) is 0 Å². The number of nitrogens with zero attached hydrogens (tertiary/aromatic N) is 2. The van der Waals surface area contributed by atoms with Gasteiger partial charge >= 0.3 is 0 Å². The first kappa shape index (κ1) is 12.8. The van der Waals surface area contributed by atoms with E-state index in [1.807, 2.05) is 42.8 Å². The molecule has 1 N–H and O–H groups in total. The number of methoxy groups -OCH3 is 1. The minimum absolute atomic E-state index is 0.587. The van der Waals surface area contributed by atoms with Gasteiger partial charge in [-0.2, -0.15) is 0 Å². The van der Waals surface area contributed by atoms with Crippen molar-refractivity contribution >= 4 is 17.5 Å². The van der Waals surface area contributed by atoms with Crippen LogP contribution in [0.15, 0.2) is 24.4 Å². The molecule has 0 bridgehead atoms. The van der Waals surface area contributed by atoms with Gasteiger partial charge in [0.25, 0.3) is 0 Å². The molecule has 0 aliphatic rings. The Hall–Kier alpha value is -1.68. The highest BCUT2D eigenvalue weighted by Crippen LogP contribution is 2.28. The summed E-state index contributed by atoms with van der Waals surface area (Å²) in [5.41, 5.74) is 1.91. The number of imidazole rings is 1. The average Bonchev–Trinajstić information content (AvgIpc) is 2.71. The van der Waals surface area contributed by atoms with Crippen molar-refractivity contribution in [3.8, 4) is 11.4 Å². The van der Waals surface area contributed by atoms with Crippen molar-refractivity contribution in [3.05, 3.63) is 35.1 Å². The van der Waals surface area contributed by atoms with Crippen LogP contribution in [-0.2, 0) is 0 Å². The quantitative estimate of drug-likeness (QED) is 0.922. The Bertz CT molecular complexity index is 551. The lowest BCUT2D eigenvalue weighted by molar-refractivity contribution is 0.415. The summed E-state index contributed by atoms with van der Waals surface area (Å²) in [5.74, 6) is 1.48. The Morgan fingerprint density at radius 1 is 1.44 bits per heavy atom. The lowest BCUT2D eigenvalue weighted by Crippen LogP contribution is -2.04. The van der Waals surface area contributed by atoms with Gasteiger partial charge in [-0.25, -0.2) is 4.98 Å². The maximum Gasteiger partial charge on any atom is 0.207 e. The van der Waals surface area contributed by atoms with E-state index >= 15 is 0 Å². The monoisotopic (exact) mass is 265 g/mol. The van der Waals surface area contributed by atoms with Crippen molar-refractivity contribution in [2.45, 2.75) is 13.8 Å². The maximum atomic E-state index is 6.14. The highest BCUT2D eigenvalue weighted by atomic mass is 35.5. The number of rotatable bonds is 4. The Kier molecular flexibility index (Phi) is 3.77. The Balaban J connectivity index is 2.44. The standard InChI is InChI=1S/C13H16ClN3O/c1-4-15-13-16-9(2)8-17(13)10-5-6-12(18-3)11(14)7-10/h5-8H,4H2,1-3H3,(H,15,16). The van der Waals surface area contributed by atoms with Gasteiger partial charge in [0, 0.05) is 12.7 Å². The Morgan fingerprint density at radius 2 is 2.22 bits per heavy atom. The summed E-state index contributed by atoms with van der Waals surface area (Å²) in [6.45, 7) is 4.82. The van der Waals surface area contributed by atoms with Crippen LogP contribution in [-0.4, -0.2) is 23.2 Å². The largest absolute Gasteiger partial charge is 0.495 e. The number of ether oxygens (including phenoxy) is 1. The van der Waals surface area contributed by atoms with Crippen LogP contribution in [0.25, 0.3) is 5.69 Å². The van der Waals surface area contributed by atoms with E-state index in [4.69, 9.17) is 16.3 Å². The van der Waals surface area contributed by atoms with Crippen LogP contribution in [0, 0.1) is 6.92 Å². The molecular weight excluding hydrogens is 250 g/mol. The van der Waals surface area contributed by atoms with Crippen molar-refractivity contribution in [2.24, 2.45) is 0 Å². The van der Waals surface area contributed by atoms with Crippen LogP contribution in [0.4, 0.5) is 5.95 Å². The number of halogens is 1. The lowest BCUT2D eigenvalue weighted by Gasteiger charge is -2.10. The normalized spacial score (nSPS) is 10.4. The smallest absolute Gasteiger partial charge is 0.207 e. The minimum atomic E-state index is 0.587. The first-order chi connectivity index (χ1) is 8.65. The summed E-state index contributed by atoms with van der Waals surface area (Å²) >= 11 is 6.14. The molecule has 0 radical (unpaired) electrons. The fourth-order valence-electron chi connectivity index (χ4n) is 1.78. The van der Waals surface area contributed by atoms with Crippen LogP contribution < -0.4 is 10.1 Å². The zero-order chi connectivity index (χ0) is 13.1. The van der Waals surface area contributed by atoms with Gasteiger partial charge in [-0.05, 0) is 32.0 Å². The number of aryl methyl sites for hydroxylation is 1. The third-order valence-corrected chi connectivity index (χ3v) is 2.87. The molecule has 0 aliphatic carbocycles. The summed E-state index contributed by atoms with van der Waals surface area (Å²) in [6, 6.07) is 5.66. The van der Waals surface area contributed by atoms with Gasteiger partial charge in [0.05, 0.1) is 23.5 Å². The number of anilines is 1. The second-order valence-corrected chi connectivity index (χ2v) is 4.33. The molecule has 0 saturated heterocycles. The summed E-state index contributed by atoms with van der Waals surface area (Å²) in [6.07, 6.45) is 1.97. The van der Waals surface area contributed by atoms with E-state index in [1.54, 1.807) is 7.11 Å². The average molecular weight is 266 g/mol. The summed E-state index contributed by atoms with van der Waals surface area (Å²) in [5, 5.41) is 3.81. The van der Waals surface area contributed by atoms with E-state index in [1.165, 1.54) is 0 Å². The summed E-state index contributed by atoms with van der Waals surface area (Å²) in [7, 11) is 1.60. The number of hydrogen-bond acceptors (Lipinski definition) is 3. The number of aromatic nitrogens is 2. The van der Waals surface area contributed by atoms with E-state index in [2.05, 4.69) is 10.3 Å². The van der Waals surface area contributed by atoms with Gasteiger partial charge in [0.2, 0.25) is 5.95 Å². The molecule has 1 aromatic carbocycles. The zero-order valence-corrected chi connectivity index (χ0v) is 11.5. The van der Waals surface area contributed by atoms with E-state index in [0.29, 0.717) is 10.8 Å². The van der Waals surface area contributed by atoms with Crippen LogP contribution in [0.5, 0.6) is 5.75 Å². The fourth-order valence-corrected chi connectivity index (χ4v) is 2.03. The zero-order valence-electron chi connectivity index (χ0n) is 10.7. The Labute approximate surface area is 112 Å². The number of benzene rings is 1. The van der Waals surface area contributed by atoms with Gasteiger partial charge in [0.1, 0.15) is 5.75 Å². The third-order valence-electron chi connectivity index (χ3n) is 2.57. The molecule has 0 fully saturated rings. The number of nitrogens with one attached hydrogen (secondary N) is 1. The second kappa shape index (κ2) is 5.31. The van der Waals surface area contributed by atoms with Gasteiger partial charge in [-0.3, -0.25) is 4.57 Å². The van der Waals surface area contributed by atoms with E-state index < -0.39 is 0 Å². The van der Waals surface area contributed by atoms with E-state index in [0.717, 1.165) is 23.9 Å². The molecule has 0 aliphatic heterocycles. The molecule has 18 heavy (non-hydrogen) atoms.